The molecule has 4 rings (SSSR count). The Labute approximate surface area is 167 Å². The number of fused-ring (bicyclic) bond motifs is 1. The van der Waals surface area contributed by atoms with E-state index in [1.807, 2.05) is 31.2 Å². The molecule has 0 aliphatic carbocycles. The maximum atomic E-state index is 6.11. The number of aryl methyl sites for hydroxylation is 1. The van der Waals surface area contributed by atoms with Gasteiger partial charge in [-0.05, 0) is 37.3 Å². The van der Waals surface area contributed by atoms with Crippen molar-refractivity contribution in [2.24, 2.45) is 0 Å². The molecular formula is C20H19ClN4O3. The van der Waals surface area contributed by atoms with Gasteiger partial charge >= 0.3 is 0 Å². The summed E-state index contributed by atoms with van der Waals surface area (Å²) in [6.07, 6.45) is 0. The lowest BCUT2D eigenvalue weighted by molar-refractivity contribution is 0.171. The minimum absolute atomic E-state index is 0.540. The fourth-order valence-corrected chi connectivity index (χ4v) is 3.05. The molecule has 0 amide bonds. The molecule has 0 atom stereocenters. The van der Waals surface area contributed by atoms with Crippen molar-refractivity contribution in [3.8, 4) is 17.2 Å². The van der Waals surface area contributed by atoms with E-state index in [1.165, 1.54) is 0 Å². The van der Waals surface area contributed by atoms with E-state index in [0.717, 1.165) is 17.1 Å². The van der Waals surface area contributed by atoms with Crippen molar-refractivity contribution < 1.29 is 14.2 Å². The Bertz CT molecular complexity index is 1010. The van der Waals surface area contributed by atoms with Crippen LogP contribution in [0.5, 0.6) is 17.2 Å². The lowest BCUT2D eigenvalue weighted by atomic mass is 10.2. The van der Waals surface area contributed by atoms with Crippen molar-refractivity contribution >= 4 is 34.6 Å². The predicted molar refractivity (Wildman–Crippen MR) is 109 cm³/mol. The summed E-state index contributed by atoms with van der Waals surface area (Å²) >= 11 is 6.11. The molecule has 1 aliphatic rings. The van der Waals surface area contributed by atoms with E-state index < -0.39 is 0 Å². The lowest BCUT2D eigenvalue weighted by Crippen LogP contribution is -2.15. The summed E-state index contributed by atoms with van der Waals surface area (Å²) < 4.78 is 16.6. The van der Waals surface area contributed by atoms with Gasteiger partial charge in [0.05, 0.1) is 12.8 Å². The van der Waals surface area contributed by atoms with Gasteiger partial charge in [-0.25, -0.2) is 9.97 Å². The van der Waals surface area contributed by atoms with Crippen LogP contribution >= 0.6 is 11.6 Å². The Morgan fingerprint density at radius 1 is 0.929 bits per heavy atom. The topological polar surface area (TPSA) is 77.5 Å². The first kappa shape index (κ1) is 18.2. The summed E-state index contributed by atoms with van der Waals surface area (Å²) in [5, 5.41) is 7.11. The van der Waals surface area contributed by atoms with Crippen LogP contribution in [0.25, 0.3) is 0 Å². The first-order valence-corrected chi connectivity index (χ1v) is 9.11. The maximum Gasteiger partial charge on any atom is 0.163 e. The number of hydrogen-bond donors (Lipinski definition) is 2. The Morgan fingerprint density at radius 2 is 1.68 bits per heavy atom. The summed E-state index contributed by atoms with van der Waals surface area (Å²) in [5.74, 6) is 4.00. The average Bonchev–Trinajstić information content (AvgIpc) is 2.68. The van der Waals surface area contributed by atoms with Crippen molar-refractivity contribution in [1.29, 1.82) is 0 Å². The van der Waals surface area contributed by atoms with Gasteiger partial charge in [-0.15, -0.1) is 0 Å². The Kier molecular flexibility index (Phi) is 5.08. The third-order valence-electron chi connectivity index (χ3n) is 4.08. The highest BCUT2D eigenvalue weighted by molar-refractivity contribution is 6.31. The van der Waals surface area contributed by atoms with Gasteiger partial charge < -0.3 is 24.8 Å². The zero-order valence-corrected chi connectivity index (χ0v) is 16.2. The van der Waals surface area contributed by atoms with Crippen LogP contribution < -0.4 is 24.8 Å². The highest BCUT2D eigenvalue weighted by Crippen LogP contribution is 2.34. The molecule has 1 aromatic heterocycles. The molecular weight excluding hydrogens is 380 g/mol. The highest BCUT2D eigenvalue weighted by Gasteiger charge is 2.13. The second-order valence-corrected chi connectivity index (χ2v) is 6.58. The van der Waals surface area contributed by atoms with Gasteiger partial charge in [-0.1, -0.05) is 11.6 Å². The molecule has 144 valence electrons. The Balaban J connectivity index is 1.58. The molecule has 0 radical (unpaired) electrons. The molecule has 2 aromatic carbocycles. The fraction of sp³-hybridized carbons (Fsp3) is 0.200. The number of hydrogen-bond acceptors (Lipinski definition) is 7. The molecule has 7 nitrogen and oxygen atoms in total. The van der Waals surface area contributed by atoms with E-state index in [4.69, 9.17) is 25.8 Å². The van der Waals surface area contributed by atoms with Crippen LogP contribution in [0.4, 0.5) is 23.0 Å². The minimum Gasteiger partial charge on any atom is -0.495 e. The van der Waals surface area contributed by atoms with Crippen LogP contribution in [0.15, 0.2) is 42.5 Å². The van der Waals surface area contributed by atoms with E-state index in [1.54, 1.807) is 25.3 Å². The van der Waals surface area contributed by atoms with Gasteiger partial charge in [0.15, 0.2) is 11.5 Å². The average molecular weight is 399 g/mol. The second kappa shape index (κ2) is 7.82. The van der Waals surface area contributed by atoms with Gasteiger partial charge in [0.1, 0.15) is 36.4 Å². The fourth-order valence-electron chi connectivity index (χ4n) is 2.88. The monoisotopic (exact) mass is 398 g/mol. The van der Waals surface area contributed by atoms with Crippen LogP contribution in [0.2, 0.25) is 5.02 Å². The van der Waals surface area contributed by atoms with Crippen LogP contribution in [0, 0.1) is 6.92 Å². The maximum absolute atomic E-state index is 6.11. The summed E-state index contributed by atoms with van der Waals surface area (Å²) in [6.45, 7) is 2.93. The van der Waals surface area contributed by atoms with Crippen molar-refractivity contribution in [2.75, 3.05) is 31.0 Å². The van der Waals surface area contributed by atoms with Gasteiger partial charge in [0.2, 0.25) is 0 Å². The minimum atomic E-state index is 0.540. The van der Waals surface area contributed by atoms with Gasteiger partial charge in [-0.3, -0.25) is 0 Å². The van der Waals surface area contributed by atoms with Crippen LogP contribution in [0.3, 0.4) is 0 Å². The van der Waals surface area contributed by atoms with Crippen molar-refractivity contribution in [1.82, 2.24) is 9.97 Å². The molecule has 0 spiro atoms. The molecule has 0 saturated heterocycles. The summed E-state index contributed by atoms with van der Waals surface area (Å²) in [7, 11) is 1.61. The Morgan fingerprint density at radius 3 is 2.46 bits per heavy atom. The van der Waals surface area contributed by atoms with E-state index in [2.05, 4.69) is 20.6 Å². The zero-order chi connectivity index (χ0) is 19.5. The molecule has 0 bridgehead atoms. The number of nitrogens with zero attached hydrogens (tertiary/aromatic N) is 2. The van der Waals surface area contributed by atoms with E-state index >= 15 is 0 Å². The number of anilines is 4. The third-order valence-corrected chi connectivity index (χ3v) is 4.31. The molecule has 3 aromatic rings. The number of benzene rings is 2. The van der Waals surface area contributed by atoms with Crippen LogP contribution in [0.1, 0.15) is 5.82 Å². The molecule has 28 heavy (non-hydrogen) atoms. The molecule has 8 heteroatoms. The summed E-state index contributed by atoms with van der Waals surface area (Å²) in [4.78, 5) is 8.89. The largest absolute Gasteiger partial charge is 0.495 e. The van der Waals surface area contributed by atoms with Crippen molar-refractivity contribution in [3.63, 3.8) is 0 Å². The van der Waals surface area contributed by atoms with Gasteiger partial charge in [0.25, 0.3) is 0 Å². The van der Waals surface area contributed by atoms with Crippen molar-refractivity contribution in [3.05, 3.63) is 53.3 Å². The number of methoxy groups -OCH3 is 1. The number of aromatic nitrogens is 2. The first-order chi connectivity index (χ1) is 13.6. The number of rotatable bonds is 5. The number of nitrogens with one attached hydrogen (secondary N) is 2. The first-order valence-electron chi connectivity index (χ1n) is 8.73. The molecule has 2 heterocycles. The summed E-state index contributed by atoms with van der Waals surface area (Å²) in [6, 6.07) is 12.8. The van der Waals surface area contributed by atoms with Gasteiger partial charge in [0, 0.05) is 22.8 Å². The van der Waals surface area contributed by atoms with E-state index in [9.17, 15) is 0 Å². The quantitative estimate of drug-likeness (QED) is 0.644. The highest BCUT2D eigenvalue weighted by atomic mass is 35.5. The lowest BCUT2D eigenvalue weighted by Gasteiger charge is -2.19. The molecule has 0 unspecified atom stereocenters. The standard InChI is InChI=1S/C20H19ClN4O3/c1-12-22-19(24-14-4-6-17-18(10-14)28-8-7-27-17)11-20(23-12)25-15-9-13(21)3-5-16(15)26-2/h3-6,9-11H,7-8H2,1-2H3,(H2,22,23,24,25). The number of ether oxygens (including phenoxy) is 3. The van der Waals surface area contributed by atoms with Gasteiger partial charge in [-0.2, -0.15) is 0 Å². The van der Waals surface area contributed by atoms with E-state index in [0.29, 0.717) is 47.2 Å². The zero-order valence-electron chi connectivity index (χ0n) is 15.5. The normalized spacial score (nSPS) is 12.4. The molecule has 0 fully saturated rings. The molecule has 1 aliphatic heterocycles. The summed E-state index contributed by atoms with van der Waals surface area (Å²) in [5.41, 5.74) is 1.56. The van der Waals surface area contributed by atoms with E-state index in [-0.39, 0.29) is 0 Å². The Hall–Kier alpha value is -3.19. The number of halogens is 1. The molecule has 0 saturated carbocycles. The third kappa shape index (κ3) is 4.04. The van der Waals surface area contributed by atoms with Crippen LogP contribution in [-0.4, -0.2) is 30.3 Å². The van der Waals surface area contributed by atoms with Crippen molar-refractivity contribution in [2.45, 2.75) is 6.92 Å². The van der Waals surface area contributed by atoms with Crippen LogP contribution in [-0.2, 0) is 0 Å². The second-order valence-electron chi connectivity index (χ2n) is 6.14. The predicted octanol–water partition coefficient (Wildman–Crippen LogP) is 4.71. The molecule has 2 N–H and O–H groups in total. The smallest absolute Gasteiger partial charge is 0.163 e. The SMILES string of the molecule is COc1ccc(Cl)cc1Nc1cc(Nc2ccc3c(c2)OCCO3)nc(C)n1.